The van der Waals surface area contributed by atoms with Crippen molar-refractivity contribution in [1.29, 1.82) is 15.8 Å². The van der Waals surface area contributed by atoms with Crippen LogP contribution in [0.5, 0.6) is 0 Å². The standard InChI is InChI=1S/C39H19N3S2/c40-20-23-5-13-36-34(15-23)31-11-8-26(18-38(31)43-36)25-7-10-30(33(17-25)29-4-2-1-3-28(29)22-42)27-9-12-32-35-16-24(21-41)6-14-37(35)44-39(32)19-27/h1-19H. The van der Waals surface area contributed by atoms with E-state index in [9.17, 15) is 15.8 Å². The molecule has 8 aromatic rings. The Kier molecular flexibility index (Phi) is 6.00. The Labute approximate surface area is 261 Å². The molecule has 0 aliphatic rings. The predicted molar refractivity (Wildman–Crippen MR) is 183 cm³/mol. The summed E-state index contributed by atoms with van der Waals surface area (Å²) in [5.41, 5.74) is 8.15. The summed E-state index contributed by atoms with van der Waals surface area (Å²) in [5, 5.41) is 33.3. The highest BCUT2D eigenvalue weighted by Gasteiger charge is 2.16. The normalized spacial score (nSPS) is 11.1. The molecule has 0 aliphatic carbocycles. The molecule has 0 bridgehead atoms. The Morgan fingerprint density at radius 3 is 1.59 bits per heavy atom. The van der Waals surface area contributed by atoms with E-state index in [-0.39, 0.29) is 0 Å². The van der Waals surface area contributed by atoms with E-state index < -0.39 is 0 Å². The molecule has 0 saturated carbocycles. The van der Waals surface area contributed by atoms with Gasteiger partial charge in [0.25, 0.3) is 0 Å². The molecular weight excluding hydrogens is 575 g/mol. The lowest BCUT2D eigenvalue weighted by Crippen LogP contribution is -1.90. The van der Waals surface area contributed by atoms with E-state index in [4.69, 9.17) is 0 Å². The van der Waals surface area contributed by atoms with Gasteiger partial charge >= 0.3 is 0 Å². The van der Waals surface area contributed by atoms with Gasteiger partial charge < -0.3 is 0 Å². The van der Waals surface area contributed by atoms with Crippen LogP contribution in [0, 0.1) is 34.0 Å². The first kappa shape index (κ1) is 25.9. The molecule has 44 heavy (non-hydrogen) atoms. The summed E-state index contributed by atoms with van der Waals surface area (Å²) in [7, 11) is 0. The van der Waals surface area contributed by atoms with Crippen LogP contribution in [0.15, 0.2) is 115 Å². The Balaban J connectivity index is 1.31. The third-order valence-electron chi connectivity index (χ3n) is 8.20. The van der Waals surface area contributed by atoms with Crippen LogP contribution in [-0.2, 0) is 0 Å². The number of nitrogens with zero attached hydrogens (tertiary/aromatic N) is 3. The Morgan fingerprint density at radius 2 is 0.955 bits per heavy atom. The molecule has 0 spiro atoms. The summed E-state index contributed by atoms with van der Waals surface area (Å²) < 4.78 is 4.65. The molecule has 3 nitrogen and oxygen atoms in total. The Hall–Kier alpha value is -5.77. The van der Waals surface area contributed by atoms with Gasteiger partial charge in [-0.3, -0.25) is 0 Å². The maximum absolute atomic E-state index is 10.0. The molecule has 202 valence electrons. The Bertz CT molecular complexity index is 2600. The summed E-state index contributed by atoms with van der Waals surface area (Å²) in [5.74, 6) is 0. The number of rotatable bonds is 3. The van der Waals surface area contributed by atoms with Gasteiger partial charge in [-0.1, -0.05) is 54.6 Å². The summed E-state index contributed by atoms with van der Waals surface area (Å²) >= 11 is 3.46. The lowest BCUT2D eigenvalue weighted by molar-refractivity contribution is 1.48. The van der Waals surface area contributed by atoms with E-state index in [0.29, 0.717) is 16.7 Å². The summed E-state index contributed by atoms with van der Waals surface area (Å²) in [6, 6.07) is 45.9. The van der Waals surface area contributed by atoms with Crippen molar-refractivity contribution >= 4 is 63.0 Å². The number of fused-ring (bicyclic) bond motifs is 6. The summed E-state index contributed by atoms with van der Waals surface area (Å²) in [6.45, 7) is 0. The first-order valence-corrected chi connectivity index (χ1v) is 15.6. The van der Waals surface area contributed by atoms with Crippen LogP contribution in [0.3, 0.4) is 0 Å². The molecule has 8 rings (SSSR count). The van der Waals surface area contributed by atoms with Gasteiger partial charge in [-0.2, -0.15) is 15.8 Å². The second-order valence-corrected chi connectivity index (χ2v) is 12.9. The summed E-state index contributed by atoms with van der Waals surface area (Å²) in [6.07, 6.45) is 0. The molecule has 0 N–H and O–H groups in total. The fraction of sp³-hybridized carbons (Fsp3) is 0. The largest absolute Gasteiger partial charge is 0.192 e. The second kappa shape index (κ2) is 10.2. The number of thiophene rings is 2. The maximum atomic E-state index is 10.0. The third-order valence-corrected chi connectivity index (χ3v) is 10.5. The molecular formula is C39H19N3S2. The van der Waals surface area contributed by atoms with Crippen LogP contribution in [0.4, 0.5) is 0 Å². The van der Waals surface area contributed by atoms with E-state index in [2.05, 4.69) is 72.8 Å². The van der Waals surface area contributed by atoms with Gasteiger partial charge in [0.1, 0.15) is 0 Å². The van der Waals surface area contributed by atoms with Crippen molar-refractivity contribution in [3.8, 4) is 51.6 Å². The molecule has 0 aliphatic heterocycles. The average molecular weight is 594 g/mol. The molecule has 2 heterocycles. The van der Waals surface area contributed by atoms with Gasteiger partial charge in [0.15, 0.2) is 0 Å². The average Bonchev–Trinajstić information content (AvgIpc) is 3.64. The van der Waals surface area contributed by atoms with Crippen molar-refractivity contribution < 1.29 is 0 Å². The highest BCUT2D eigenvalue weighted by molar-refractivity contribution is 7.26. The van der Waals surface area contributed by atoms with Crippen LogP contribution < -0.4 is 0 Å². The van der Waals surface area contributed by atoms with Crippen LogP contribution in [0.25, 0.3) is 73.7 Å². The zero-order valence-electron chi connectivity index (χ0n) is 23.1. The van der Waals surface area contributed by atoms with Gasteiger partial charge in [0, 0.05) is 45.9 Å². The van der Waals surface area contributed by atoms with E-state index in [0.717, 1.165) is 69.0 Å². The number of hydrogen-bond acceptors (Lipinski definition) is 5. The minimum atomic E-state index is 0.631. The zero-order chi connectivity index (χ0) is 29.8. The molecule has 0 atom stereocenters. The number of benzene rings is 6. The molecule has 5 heteroatoms. The molecule has 0 fully saturated rings. The lowest BCUT2D eigenvalue weighted by atomic mass is 9.89. The SMILES string of the molecule is N#Cc1ccc2sc3cc(-c4ccc(-c5ccc6c(c5)sc5ccc(C#N)cc56)c(-c5ccccc5C#N)c4)ccc3c2c1. The minimum Gasteiger partial charge on any atom is -0.192 e. The van der Waals surface area contributed by atoms with Crippen LogP contribution in [0.1, 0.15) is 16.7 Å². The number of hydrogen-bond donors (Lipinski definition) is 0. The smallest absolute Gasteiger partial charge is 0.0998 e. The monoisotopic (exact) mass is 593 g/mol. The molecule has 0 amide bonds. The topological polar surface area (TPSA) is 71.4 Å². The van der Waals surface area contributed by atoms with Crippen LogP contribution in [-0.4, -0.2) is 0 Å². The van der Waals surface area contributed by atoms with Gasteiger partial charge in [-0.05, 0) is 88.5 Å². The summed E-state index contributed by atoms with van der Waals surface area (Å²) in [4.78, 5) is 0. The molecule has 2 aromatic heterocycles. The predicted octanol–water partition coefficient (Wildman–Crippen LogP) is 11.0. The maximum Gasteiger partial charge on any atom is 0.0998 e. The zero-order valence-corrected chi connectivity index (χ0v) is 24.8. The molecule has 0 unspecified atom stereocenters. The van der Waals surface area contributed by atoms with Crippen molar-refractivity contribution in [2.24, 2.45) is 0 Å². The minimum absolute atomic E-state index is 0.631. The Morgan fingerprint density at radius 1 is 0.386 bits per heavy atom. The van der Waals surface area contributed by atoms with Crippen molar-refractivity contribution in [1.82, 2.24) is 0 Å². The second-order valence-electron chi connectivity index (χ2n) is 10.7. The van der Waals surface area contributed by atoms with Gasteiger partial charge in [0.05, 0.1) is 34.9 Å². The number of nitriles is 3. The molecule has 0 saturated heterocycles. The first-order chi connectivity index (χ1) is 21.6. The lowest BCUT2D eigenvalue weighted by Gasteiger charge is -2.14. The highest BCUT2D eigenvalue weighted by Crippen LogP contribution is 2.42. The van der Waals surface area contributed by atoms with E-state index >= 15 is 0 Å². The van der Waals surface area contributed by atoms with Crippen molar-refractivity contribution in [2.45, 2.75) is 0 Å². The molecule has 6 aromatic carbocycles. The van der Waals surface area contributed by atoms with Crippen LogP contribution >= 0.6 is 22.7 Å². The quantitative estimate of drug-likeness (QED) is 0.205. The highest BCUT2D eigenvalue weighted by atomic mass is 32.1. The van der Waals surface area contributed by atoms with Crippen molar-refractivity contribution in [3.63, 3.8) is 0 Å². The van der Waals surface area contributed by atoms with E-state index in [1.165, 1.54) is 4.70 Å². The van der Waals surface area contributed by atoms with Crippen LogP contribution in [0.2, 0.25) is 0 Å². The van der Waals surface area contributed by atoms with Gasteiger partial charge in [-0.25, -0.2) is 0 Å². The molecule has 0 radical (unpaired) electrons. The van der Waals surface area contributed by atoms with E-state index in [1.807, 2.05) is 60.7 Å². The fourth-order valence-electron chi connectivity index (χ4n) is 6.05. The third kappa shape index (κ3) is 4.14. The van der Waals surface area contributed by atoms with Gasteiger partial charge in [0.2, 0.25) is 0 Å². The fourth-order valence-corrected chi connectivity index (χ4v) is 8.31. The first-order valence-electron chi connectivity index (χ1n) is 14.0. The van der Waals surface area contributed by atoms with Gasteiger partial charge in [-0.15, -0.1) is 22.7 Å². The van der Waals surface area contributed by atoms with Crippen molar-refractivity contribution in [3.05, 3.63) is 132 Å². The van der Waals surface area contributed by atoms with Crippen molar-refractivity contribution in [2.75, 3.05) is 0 Å². The van der Waals surface area contributed by atoms with E-state index in [1.54, 1.807) is 22.7 Å².